The molecule has 0 fully saturated rings. The van der Waals surface area contributed by atoms with E-state index in [1.807, 2.05) is 6.92 Å². The zero-order valence-corrected chi connectivity index (χ0v) is 9.83. The summed E-state index contributed by atoms with van der Waals surface area (Å²) in [6.07, 6.45) is 7.03. The van der Waals surface area contributed by atoms with E-state index >= 15 is 0 Å². The molecular formula is C12H16N2O2. The Labute approximate surface area is 95.4 Å². The fourth-order valence-corrected chi connectivity index (χ4v) is 1.52. The van der Waals surface area contributed by atoms with Crippen LogP contribution >= 0.6 is 0 Å². The number of nitrogens with zero attached hydrogens (tertiary/aromatic N) is 1. The van der Waals surface area contributed by atoms with E-state index in [0.29, 0.717) is 17.0 Å². The fourth-order valence-electron chi connectivity index (χ4n) is 1.52. The van der Waals surface area contributed by atoms with Gasteiger partial charge < -0.3 is 9.84 Å². The first-order valence-electron chi connectivity index (χ1n) is 5.30. The highest BCUT2D eigenvalue weighted by molar-refractivity contribution is 5.96. The van der Waals surface area contributed by atoms with E-state index in [1.54, 1.807) is 13.8 Å². The summed E-state index contributed by atoms with van der Waals surface area (Å²) in [5, 5.41) is 6.51. The van der Waals surface area contributed by atoms with Gasteiger partial charge in [0, 0.05) is 0 Å². The molecule has 0 aromatic carbocycles. The van der Waals surface area contributed by atoms with E-state index in [-0.39, 0.29) is 11.9 Å². The van der Waals surface area contributed by atoms with Crippen LogP contribution in [0.15, 0.2) is 4.52 Å². The van der Waals surface area contributed by atoms with Crippen LogP contribution in [0, 0.1) is 26.2 Å². The highest BCUT2D eigenvalue weighted by atomic mass is 16.5. The minimum absolute atomic E-state index is 0.215. The normalized spacial score (nSPS) is 11.9. The summed E-state index contributed by atoms with van der Waals surface area (Å²) in [7, 11) is 0. The Kier molecular flexibility index (Phi) is 4.12. The third-order valence-electron chi connectivity index (χ3n) is 2.34. The predicted molar refractivity (Wildman–Crippen MR) is 61.0 cm³/mol. The molecule has 1 heterocycles. The van der Waals surface area contributed by atoms with E-state index in [9.17, 15) is 4.79 Å². The van der Waals surface area contributed by atoms with E-state index < -0.39 is 0 Å². The molecule has 1 atom stereocenters. The second-order valence-electron chi connectivity index (χ2n) is 3.68. The van der Waals surface area contributed by atoms with Crippen molar-refractivity contribution in [2.24, 2.45) is 0 Å². The summed E-state index contributed by atoms with van der Waals surface area (Å²) >= 11 is 0. The Hall–Kier alpha value is -1.76. The van der Waals surface area contributed by atoms with E-state index in [2.05, 4.69) is 16.4 Å². The van der Waals surface area contributed by atoms with Gasteiger partial charge in [-0.15, -0.1) is 6.42 Å². The van der Waals surface area contributed by atoms with Crippen molar-refractivity contribution in [1.29, 1.82) is 0 Å². The van der Waals surface area contributed by atoms with Crippen molar-refractivity contribution < 1.29 is 9.32 Å². The molecule has 1 aromatic rings. The van der Waals surface area contributed by atoms with Crippen LogP contribution in [-0.4, -0.2) is 17.1 Å². The second kappa shape index (κ2) is 5.36. The summed E-state index contributed by atoms with van der Waals surface area (Å²) in [4.78, 5) is 11.9. The molecule has 4 nitrogen and oxygen atoms in total. The van der Waals surface area contributed by atoms with Gasteiger partial charge in [0.2, 0.25) is 0 Å². The lowest BCUT2D eigenvalue weighted by atomic mass is 10.1. The molecule has 1 unspecified atom stereocenters. The van der Waals surface area contributed by atoms with Crippen LogP contribution in [0.5, 0.6) is 0 Å². The van der Waals surface area contributed by atoms with Crippen molar-refractivity contribution in [3.63, 3.8) is 0 Å². The Morgan fingerprint density at radius 1 is 1.62 bits per heavy atom. The van der Waals surface area contributed by atoms with Gasteiger partial charge in [-0.25, -0.2) is 0 Å². The topological polar surface area (TPSA) is 55.1 Å². The number of hydrogen-bond donors (Lipinski definition) is 1. The molecule has 0 bridgehead atoms. The average Bonchev–Trinajstić information content (AvgIpc) is 2.57. The lowest BCUT2D eigenvalue weighted by Gasteiger charge is -2.11. The third kappa shape index (κ3) is 2.63. The number of aryl methyl sites for hydroxylation is 2. The number of hydrogen-bond acceptors (Lipinski definition) is 3. The molecule has 1 amide bonds. The van der Waals surface area contributed by atoms with Crippen LogP contribution in [-0.2, 0) is 0 Å². The lowest BCUT2D eigenvalue weighted by Crippen LogP contribution is -2.34. The first-order chi connectivity index (χ1) is 7.60. The zero-order chi connectivity index (χ0) is 12.1. The second-order valence-corrected chi connectivity index (χ2v) is 3.68. The van der Waals surface area contributed by atoms with Crippen LogP contribution in [0.3, 0.4) is 0 Å². The van der Waals surface area contributed by atoms with Crippen LogP contribution in [0.1, 0.15) is 41.6 Å². The number of amides is 1. The fraction of sp³-hybridized carbons (Fsp3) is 0.500. The van der Waals surface area contributed by atoms with Crippen molar-refractivity contribution in [3.8, 4) is 12.3 Å². The highest BCUT2D eigenvalue weighted by Gasteiger charge is 2.19. The first-order valence-corrected chi connectivity index (χ1v) is 5.30. The van der Waals surface area contributed by atoms with Crippen LogP contribution in [0.25, 0.3) is 0 Å². The molecule has 0 saturated carbocycles. The number of rotatable bonds is 4. The minimum atomic E-state index is -0.230. The maximum atomic E-state index is 11.9. The summed E-state index contributed by atoms with van der Waals surface area (Å²) in [6, 6.07) is -0.230. The molecule has 0 saturated heterocycles. The highest BCUT2D eigenvalue weighted by Crippen LogP contribution is 2.12. The van der Waals surface area contributed by atoms with E-state index in [4.69, 9.17) is 10.9 Å². The molecule has 16 heavy (non-hydrogen) atoms. The molecule has 86 valence electrons. The summed E-state index contributed by atoms with van der Waals surface area (Å²) in [5.74, 6) is 2.85. The average molecular weight is 220 g/mol. The van der Waals surface area contributed by atoms with E-state index in [1.165, 1.54) is 0 Å². The van der Waals surface area contributed by atoms with E-state index in [0.717, 1.165) is 12.8 Å². The number of carbonyl (C=O) groups is 1. The first kappa shape index (κ1) is 12.3. The van der Waals surface area contributed by atoms with Gasteiger partial charge in [0.25, 0.3) is 5.91 Å². The van der Waals surface area contributed by atoms with Crippen molar-refractivity contribution in [2.75, 3.05) is 0 Å². The van der Waals surface area contributed by atoms with Gasteiger partial charge in [-0.1, -0.05) is 24.4 Å². The Balaban J connectivity index is 2.76. The summed E-state index contributed by atoms with van der Waals surface area (Å²) in [6.45, 7) is 5.46. The van der Waals surface area contributed by atoms with Gasteiger partial charge in [-0.05, 0) is 20.3 Å². The number of nitrogens with one attached hydrogen (secondary N) is 1. The van der Waals surface area contributed by atoms with Gasteiger partial charge in [0.05, 0.1) is 11.7 Å². The smallest absolute Gasteiger partial charge is 0.257 e. The quantitative estimate of drug-likeness (QED) is 0.787. The van der Waals surface area contributed by atoms with Gasteiger partial charge in [-0.3, -0.25) is 4.79 Å². The molecule has 1 aromatic heterocycles. The van der Waals surface area contributed by atoms with Gasteiger partial charge in [0.15, 0.2) is 0 Å². The lowest BCUT2D eigenvalue weighted by molar-refractivity contribution is 0.0942. The maximum Gasteiger partial charge on any atom is 0.257 e. The van der Waals surface area contributed by atoms with Gasteiger partial charge in [-0.2, -0.15) is 0 Å². The van der Waals surface area contributed by atoms with Crippen molar-refractivity contribution in [3.05, 3.63) is 17.0 Å². The van der Waals surface area contributed by atoms with Gasteiger partial charge in [0.1, 0.15) is 11.3 Å². The number of terminal acetylenes is 1. The van der Waals surface area contributed by atoms with Crippen molar-refractivity contribution in [2.45, 2.75) is 39.7 Å². The molecule has 0 aliphatic rings. The van der Waals surface area contributed by atoms with Crippen molar-refractivity contribution >= 4 is 5.91 Å². The Bertz CT molecular complexity index is 396. The predicted octanol–water partition coefficient (Wildman–Crippen LogP) is 1.82. The zero-order valence-electron chi connectivity index (χ0n) is 9.83. The standard InChI is InChI=1S/C12H16N2O2/c1-5-7-10(6-2)13-12(15)11-8(3)14-16-9(11)4/h2,10H,5,7H2,1,3-4H3,(H,13,15). The largest absolute Gasteiger partial charge is 0.361 e. The molecule has 0 radical (unpaired) electrons. The third-order valence-corrected chi connectivity index (χ3v) is 2.34. The molecule has 0 aliphatic carbocycles. The Morgan fingerprint density at radius 2 is 2.31 bits per heavy atom. The van der Waals surface area contributed by atoms with Crippen LogP contribution < -0.4 is 5.32 Å². The minimum Gasteiger partial charge on any atom is -0.361 e. The summed E-state index contributed by atoms with van der Waals surface area (Å²) in [5.41, 5.74) is 1.07. The van der Waals surface area contributed by atoms with Crippen molar-refractivity contribution in [1.82, 2.24) is 10.5 Å². The van der Waals surface area contributed by atoms with Gasteiger partial charge >= 0.3 is 0 Å². The molecule has 4 heteroatoms. The molecule has 1 rings (SSSR count). The molecule has 1 N–H and O–H groups in total. The Morgan fingerprint density at radius 3 is 2.75 bits per heavy atom. The maximum absolute atomic E-state index is 11.9. The molecule has 0 spiro atoms. The number of aromatic nitrogens is 1. The molecule has 0 aliphatic heterocycles. The molecular weight excluding hydrogens is 204 g/mol. The SMILES string of the molecule is C#CC(CCC)NC(=O)c1c(C)noc1C. The van der Waals surface area contributed by atoms with Crippen LogP contribution in [0.4, 0.5) is 0 Å². The summed E-state index contributed by atoms with van der Waals surface area (Å²) < 4.78 is 4.93. The number of carbonyl (C=O) groups excluding carboxylic acids is 1. The monoisotopic (exact) mass is 220 g/mol. The van der Waals surface area contributed by atoms with Crippen LogP contribution in [0.2, 0.25) is 0 Å².